The maximum Gasteiger partial charge on any atom is 0.216 e. The molecule has 1 aliphatic rings. The van der Waals surface area contributed by atoms with Crippen LogP contribution in [0.15, 0.2) is 0 Å². The standard InChI is InChI=1S/C11H23NO4S/c1-9(2)16-6-7-17(14,15)12-5-4-10(3)11(12)8-13/h9-11,13H,4-8H2,1-3H3. The van der Waals surface area contributed by atoms with Crippen molar-refractivity contribution in [2.24, 2.45) is 5.92 Å². The van der Waals surface area contributed by atoms with Crippen LogP contribution in [0.1, 0.15) is 27.2 Å². The van der Waals surface area contributed by atoms with E-state index in [1.54, 1.807) is 0 Å². The summed E-state index contributed by atoms with van der Waals surface area (Å²) in [4.78, 5) is 0. The summed E-state index contributed by atoms with van der Waals surface area (Å²) < 4.78 is 30.8. The fourth-order valence-electron chi connectivity index (χ4n) is 2.10. The van der Waals surface area contributed by atoms with Gasteiger partial charge in [-0.15, -0.1) is 0 Å². The zero-order valence-electron chi connectivity index (χ0n) is 10.8. The summed E-state index contributed by atoms with van der Waals surface area (Å²) in [5.41, 5.74) is 0. The number of sulfonamides is 1. The van der Waals surface area contributed by atoms with Gasteiger partial charge in [-0.2, -0.15) is 4.31 Å². The third-order valence-electron chi connectivity index (χ3n) is 3.17. The quantitative estimate of drug-likeness (QED) is 0.757. The third kappa shape index (κ3) is 3.91. The Bertz CT molecular complexity index is 328. The van der Waals surface area contributed by atoms with Crippen LogP contribution in [0.2, 0.25) is 0 Å². The summed E-state index contributed by atoms with van der Waals surface area (Å²) in [7, 11) is -3.30. The molecule has 0 spiro atoms. The molecule has 2 unspecified atom stereocenters. The fraction of sp³-hybridized carbons (Fsp3) is 1.00. The van der Waals surface area contributed by atoms with Crippen LogP contribution in [0.25, 0.3) is 0 Å². The van der Waals surface area contributed by atoms with Crippen LogP contribution in [-0.2, 0) is 14.8 Å². The minimum Gasteiger partial charge on any atom is -0.395 e. The van der Waals surface area contributed by atoms with Crippen LogP contribution >= 0.6 is 0 Å². The molecule has 1 rings (SSSR count). The van der Waals surface area contributed by atoms with Crippen molar-refractivity contribution >= 4 is 10.0 Å². The molecule has 0 bridgehead atoms. The Labute approximate surface area is 104 Å². The number of rotatable bonds is 6. The second kappa shape index (κ2) is 6.13. The minimum absolute atomic E-state index is 0.00556. The van der Waals surface area contributed by atoms with Gasteiger partial charge < -0.3 is 9.84 Å². The van der Waals surface area contributed by atoms with Crippen molar-refractivity contribution in [2.75, 3.05) is 25.5 Å². The van der Waals surface area contributed by atoms with E-state index in [1.165, 1.54) is 4.31 Å². The average Bonchev–Trinajstić information content (AvgIpc) is 2.59. The van der Waals surface area contributed by atoms with Gasteiger partial charge in [0.05, 0.1) is 31.1 Å². The lowest BCUT2D eigenvalue weighted by Crippen LogP contribution is -2.41. The van der Waals surface area contributed by atoms with Crippen molar-refractivity contribution in [1.82, 2.24) is 4.31 Å². The monoisotopic (exact) mass is 265 g/mol. The van der Waals surface area contributed by atoms with Gasteiger partial charge in [0.2, 0.25) is 10.0 Å². The van der Waals surface area contributed by atoms with E-state index in [1.807, 2.05) is 20.8 Å². The van der Waals surface area contributed by atoms with E-state index < -0.39 is 10.0 Å². The molecule has 0 saturated carbocycles. The highest BCUT2D eigenvalue weighted by Crippen LogP contribution is 2.26. The van der Waals surface area contributed by atoms with E-state index in [0.29, 0.717) is 6.54 Å². The lowest BCUT2D eigenvalue weighted by molar-refractivity contribution is 0.0903. The van der Waals surface area contributed by atoms with Crippen molar-refractivity contribution < 1.29 is 18.3 Å². The highest BCUT2D eigenvalue weighted by atomic mass is 32.2. The van der Waals surface area contributed by atoms with Gasteiger partial charge in [0, 0.05) is 6.54 Å². The lowest BCUT2D eigenvalue weighted by atomic mass is 10.0. The zero-order valence-corrected chi connectivity index (χ0v) is 11.6. The smallest absolute Gasteiger partial charge is 0.216 e. The van der Waals surface area contributed by atoms with E-state index in [0.717, 1.165) is 6.42 Å². The summed E-state index contributed by atoms with van der Waals surface area (Å²) in [5.74, 6) is 0.217. The van der Waals surface area contributed by atoms with Gasteiger partial charge in [0.1, 0.15) is 0 Å². The maximum absolute atomic E-state index is 12.1. The first-order valence-corrected chi connectivity index (χ1v) is 7.71. The summed E-state index contributed by atoms with van der Waals surface area (Å²) >= 11 is 0. The van der Waals surface area contributed by atoms with Crippen LogP contribution in [0.5, 0.6) is 0 Å². The number of aliphatic hydroxyl groups excluding tert-OH is 1. The van der Waals surface area contributed by atoms with Crippen molar-refractivity contribution in [2.45, 2.75) is 39.3 Å². The van der Waals surface area contributed by atoms with E-state index >= 15 is 0 Å². The van der Waals surface area contributed by atoms with Crippen LogP contribution in [0, 0.1) is 5.92 Å². The molecule has 1 aliphatic heterocycles. The number of aliphatic hydroxyl groups is 1. The molecule has 6 heteroatoms. The van der Waals surface area contributed by atoms with Gasteiger partial charge in [-0.3, -0.25) is 0 Å². The molecule has 5 nitrogen and oxygen atoms in total. The van der Waals surface area contributed by atoms with Crippen molar-refractivity contribution in [3.05, 3.63) is 0 Å². The molecular weight excluding hydrogens is 242 g/mol. The summed E-state index contributed by atoms with van der Waals surface area (Å²) in [6.45, 7) is 6.34. The number of hydrogen-bond donors (Lipinski definition) is 1. The summed E-state index contributed by atoms with van der Waals surface area (Å²) in [5, 5.41) is 9.25. The number of ether oxygens (including phenoxy) is 1. The van der Waals surface area contributed by atoms with E-state index in [4.69, 9.17) is 4.74 Å². The molecule has 0 amide bonds. The zero-order chi connectivity index (χ0) is 13.1. The van der Waals surface area contributed by atoms with Gasteiger partial charge in [-0.1, -0.05) is 6.92 Å². The first-order valence-electron chi connectivity index (χ1n) is 6.10. The Balaban J connectivity index is 2.58. The first kappa shape index (κ1) is 14.9. The van der Waals surface area contributed by atoms with Crippen molar-refractivity contribution in [1.29, 1.82) is 0 Å². The van der Waals surface area contributed by atoms with E-state index in [9.17, 15) is 13.5 Å². The number of nitrogens with zero attached hydrogens (tertiary/aromatic N) is 1. The van der Waals surface area contributed by atoms with Crippen LogP contribution in [-0.4, -0.2) is 55.5 Å². The van der Waals surface area contributed by atoms with Crippen LogP contribution in [0.3, 0.4) is 0 Å². The Morgan fingerprint density at radius 2 is 2.12 bits per heavy atom. The molecule has 1 saturated heterocycles. The molecule has 0 aromatic carbocycles. The molecule has 0 aliphatic carbocycles. The predicted octanol–water partition coefficient (Wildman–Crippen LogP) is 0.444. The number of hydrogen-bond acceptors (Lipinski definition) is 4. The topological polar surface area (TPSA) is 66.8 Å². The van der Waals surface area contributed by atoms with Gasteiger partial charge in [0.25, 0.3) is 0 Å². The SMILES string of the molecule is CC(C)OCCS(=O)(=O)N1CCC(C)C1CO. The van der Waals surface area contributed by atoms with Crippen molar-refractivity contribution in [3.63, 3.8) is 0 Å². The highest BCUT2D eigenvalue weighted by Gasteiger charge is 2.37. The summed E-state index contributed by atoms with van der Waals surface area (Å²) in [6.07, 6.45) is 0.853. The highest BCUT2D eigenvalue weighted by molar-refractivity contribution is 7.89. The predicted molar refractivity (Wildman–Crippen MR) is 66.2 cm³/mol. The Morgan fingerprint density at radius 1 is 1.47 bits per heavy atom. The van der Waals surface area contributed by atoms with Gasteiger partial charge in [0.15, 0.2) is 0 Å². The maximum atomic E-state index is 12.1. The van der Waals surface area contributed by atoms with Crippen LogP contribution in [0.4, 0.5) is 0 Å². The third-order valence-corrected chi connectivity index (χ3v) is 5.02. The molecule has 102 valence electrons. The largest absolute Gasteiger partial charge is 0.395 e. The first-order chi connectivity index (χ1) is 7.88. The van der Waals surface area contributed by atoms with Crippen LogP contribution < -0.4 is 0 Å². The molecule has 1 fully saturated rings. The lowest BCUT2D eigenvalue weighted by Gasteiger charge is -2.24. The molecule has 2 atom stereocenters. The fourth-order valence-corrected chi connectivity index (χ4v) is 3.71. The Kier molecular flexibility index (Phi) is 5.37. The molecular formula is C11H23NO4S. The van der Waals surface area contributed by atoms with Gasteiger partial charge in [-0.05, 0) is 26.2 Å². The van der Waals surface area contributed by atoms with Gasteiger partial charge >= 0.3 is 0 Å². The van der Waals surface area contributed by atoms with Crippen molar-refractivity contribution in [3.8, 4) is 0 Å². The molecule has 1 N–H and O–H groups in total. The van der Waals surface area contributed by atoms with E-state index in [2.05, 4.69) is 0 Å². The molecule has 0 aromatic rings. The Hall–Kier alpha value is -0.170. The molecule has 0 aromatic heterocycles. The van der Waals surface area contributed by atoms with E-state index in [-0.39, 0.29) is 37.0 Å². The molecule has 0 radical (unpaired) electrons. The normalized spacial score (nSPS) is 26.9. The minimum atomic E-state index is -3.30. The van der Waals surface area contributed by atoms with Gasteiger partial charge in [-0.25, -0.2) is 8.42 Å². The molecule has 1 heterocycles. The molecule has 17 heavy (non-hydrogen) atoms. The second-order valence-corrected chi connectivity index (χ2v) is 6.90. The Morgan fingerprint density at radius 3 is 2.65 bits per heavy atom. The second-order valence-electron chi connectivity index (χ2n) is 4.86. The summed E-state index contributed by atoms with van der Waals surface area (Å²) in [6, 6.07) is -0.265. The average molecular weight is 265 g/mol.